The van der Waals surface area contributed by atoms with Gasteiger partial charge in [0.2, 0.25) is 5.91 Å². The number of morpholine rings is 1. The van der Waals surface area contributed by atoms with Crippen molar-refractivity contribution >= 4 is 23.3 Å². The molecule has 0 bridgehead atoms. The third-order valence-corrected chi connectivity index (χ3v) is 3.33. The molecule has 3 amide bonds. The minimum Gasteiger partial charge on any atom is -0.375 e. The lowest BCUT2D eigenvalue weighted by atomic mass is 10.2. The van der Waals surface area contributed by atoms with Crippen LogP contribution in [0.25, 0.3) is 0 Å². The number of nitrogens with zero attached hydrogens (tertiary/aromatic N) is 1. The second-order valence-electron chi connectivity index (χ2n) is 5.27. The van der Waals surface area contributed by atoms with Crippen LogP contribution in [0.15, 0.2) is 18.2 Å². The lowest BCUT2D eigenvalue weighted by Gasteiger charge is -2.31. The Morgan fingerprint density at radius 1 is 1.33 bits per heavy atom. The van der Waals surface area contributed by atoms with Crippen molar-refractivity contribution in [3.63, 3.8) is 0 Å². The summed E-state index contributed by atoms with van der Waals surface area (Å²) in [6, 6.07) is 5.29. The van der Waals surface area contributed by atoms with Gasteiger partial charge in [-0.3, -0.25) is 4.79 Å². The molecular formula is C15H21N3O3. The van der Waals surface area contributed by atoms with Gasteiger partial charge in [-0.15, -0.1) is 0 Å². The first-order valence-electron chi connectivity index (χ1n) is 7.01. The first-order valence-corrected chi connectivity index (χ1v) is 7.01. The van der Waals surface area contributed by atoms with E-state index in [9.17, 15) is 9.59 Å². The molecule has 1 heterocycles. The third kappa shape index (κ3) is 4.19. The summed E-state index contributed by atoms with van der Waals surface area (Å²) in [6.45, 7) is 7.03. The van der Waals surface area contributed by atoms with Crippen LogP contribution in [0.5, 0.6) is 0 Å². The maximum atomic E-state index is 12.3. The number of urea groups is 1. The highest BCUT2D eigenvalue weighted by atomic mass is 16.5. The van der Waals surface area contributed by atoms with Gasteiger partial charge in [-0.25, -0.2) is 4.79 Å². The van der Waals surface area contributed by atoms with Crippen molar-refractivity contribution in [2.24, 2.45) is 0 Å². The Kier molecular flexibility index (Phi) is 4.80. The van der Waals surface area contributed by atoms with Crippen molar-refractivity contribution in [3.05, 3.63) is 23.8 Å². The molecule has 6 nitrogen and oxygen atoms in total. The number of anilines is 2. The van der Waals surface area contributed by atoms with E-state index in [4.69, 9.17) is 4.74 Å². The molecule has 1 saturated heterocycles. The molecule has 6 heteroatoms. The van der Waals surface area contributed by atoms with Gasteiger partial charge in [0.1, 0.15) is 0 Å². The summed E-state index contributed by atoms with van der Waals surface area (Å²) in [6.07, 6.45) is 0.0521. The Labute approximate surface area is 124 Å². The zero-order valence-electron chi connectivity index (χ0n) is 12.6. The molecule has 0 radical (unpaired) electrons. The van der Waals surface area contributed by atoms with Gasteiger partial charge >= 0.3 is 6.03 Å². The molecule has 2 rings (SSSR count). The Balaban J connectivity index is 2.07. The Morgan fingerprint density at radius 3 is 2.76 bits per heavy atom. The molecule has 0 aromatic heterocycles. The molecule has 1 aromatic rings. The number of aryl methyl sites for hydroxylation is 1. The van der Waals surface area contributed by atoms with Crippen molar-refractivity contribution in [2.45, 2.75) is 26.9 Å². The second kappa shape index (κ2) is 6.58. The van der Waals surface area contributed by atoms with E-state index in [1.165, 1.54) is 6.92 Å². The molecule has 21 heavy (non-hydrogen) atoms. The quantitative estimate of drug-likeness (QED) is 0.877. The van der Waals surface area contributed by atoms with Crippen LogP contribution in [0.2, 0.25) is 0 Å². The summed E-state index contributed by atoms with van der Waals surface area (Å²) >= 11 is 0. The van der Waals surface area contributed by atoms with Crippen LogP contribution in [0.3, 0.4) is 0 Å². The average molecular weight is 291 g/mol. The van der Waals surface area contributed by atoms with Crippen LogP contribution in [0, 0.1) is 6.92 Å². The number of hydrogen-bond acceptors (Lipinski definition) is 3. The van der Waals surface area contributed by atoms with Crippen molar-refractivity contribution in [1.82, 2.24) is 4.90 Å². The number of carbonyl (C=O) groups is 2. The minimum atomic E-state index is -0.145. The number of hydrogen-bond donors (Lipinski definition) is 2. The molecule has 1 aliphatic heterocycles. The average Bonchev–Trinajstić information content (AvgIpc) is 2.42. The summed E-state index contributed by atoms with van der Waals surface area (Å²) < 4.78 is 5.43. The number of ether oxygens (including phenoxy) is 1. The summed E-state index contributed by atoms with van der Waals surface area (Å²) in [5.41, 5.74) is 2.31. The van der Waals surface area contributed by atoms with Crippen molar-refractivity contribution in [2.75, 3.05) is 30.3 Å². The van der Waals surface area contributed by atoms with E-state index in [1.54, 1.807) is 11.0 Å². The first kappa shape index (κ1) is 15.3. The summed E-state index contributed by atoms with van der Waals surface area (Å²) in [5, 5.41) is 5.60. The smallest absolute Gasteiger partial charge is 0.322 e. The van der Waals surface area contributed by atoms with Crippen molar-refractivity contribution in [3.8, 4) is 0 Å². The van der Waals surface area contributed by atoms with Crippen molar-refractivity contribution in [1.29, 1.82) is 0 Å². The maximum Gasteiger partial charge on any atom is 0.322 e. The fraction of sp³-hybridized carbons (Fsp3) is 0.467. The Hall–Kier alpha value is -2.08. The first-order chi connectivity index (χ1) is 9.95. The van der Waals surface area contributed by atoms with Gasteiger partial charge in [-0.1, -0.05) is 6.07 Å². The Bertz CT molecular complexity index is 545. The van der Waals surface area contributed by atoms with Gasteiger partial charge in [-0.05, 0) is 31.5 Å². The van der Waals surface area contributed by atoms with E-state index in [0.29, 0.717) is 31.1 Å². The predicted molar refractivity (Wildman–Crippen MR) is 81.5 cm³/mol. The van der Waals surface area contributed by atoms with E-state index in [0.717, 1.165) is 5.56 Å². The van der Waals surface area contributed by atoms with E-state index < -0.39 is 0 Å². The largest absolute Gasteiger partial charge is 0.375 e. The number of nitrogens with one attached hydrogen (secondary N) is 2. The third-order valence-electron chi connectivity index (χ3n) is 3.33. The standard InChI is InChI=1S/C15H21N3O3/c1-10-4-5-13(16-12(3)19)8-14(10)17-15(20)18-6-7-21-11(2)9-18/h4-5,8,11H,6-7,9H2,1-3H3,(H,16,19)(H,17,20)/t11-/m1/s1. The summed E-state index contributed by atoms with van der Waals surface area (Å²) in [7, 11) is 0. The number of rotatable bonds is 2. The maximum absolute atomic E-state index is 12.3. The molecule has 1 fully saturated rings. The second-order valence-corrected chi connectivity index (χ2v) is 5.27. The predicted octanol–water partition coefficient (Wildman–Crippen LogP) is 2.21. The monoisotopic (exact) mass is 291 g/mol. The lowest BCUT2D eigenvalue weighted by Crippen LogP contribution is -2.46. The van der Waals surface area contributed by atoms with Crippen LogP contribution in [-0.2, 0) is 9.53 Å². The van der Waals surface area contributed by atoms with Gasteiger partial charge in [0.25, 0.3) is 0 Å². The topological polar surface area (TPSA) is 70.7 Å². The molecular weight excluding hydrogens is 270 g/mol. The Morgan fingerprint density at radius 2 is 2.10 bits per heavy atom. The summed E-state index contributed by atoms with van der Waals surface area (Å²) in [4.78, 5) is 25.1. The molecule has 2 N–H and O–H groups in total. The zero-order valence-corrected chi connectivity index (χ0v) is 12.6. The minimum absolute atomic E-state index is 0.0521. The molecule has 114 valence electrons. The van der Waals surface area contributed by atoms with Crippen molar-refractivity contribution < 1.29 is 14.3 Å². The molecule has 1 aliphatic rings. The normalized spacial score (nSPS) is 18.2. The van der Waals surface area contributed by atoms with Gasteiger partial charge < -0.3 is 20.3 Å². The van der Waals surface area contributed by atoms with E-state index in [2.05, 4.69) is 10.6 Å². The van der Waals surface area contributed by atoms with E-state index in [1.807, 2.05) is 26.0 Å². The highest BCUT2D eigenvalue weighted by Gasteiger charge is 2.21. The molecule has 0 spiro atoms. The number of carbonyl (C=O) groups excluding carboxylic acids is 2. The van der Waals surface area contributed by atoms with Crippen LogP contribution in [0.4, 0.5) is 16.2 Å². The van der Waals surface area contributed by atoms with E-state index >= 15 is 0 Å². The van der Waals surface area contributed by atoms with Gasteiger partial charge in [0.05, 0.1) is 12.7 Å². The highest BCUT2D eigenvalue weighted by molar-refractivity contribution is 5.93. The van der Waals surface area contributed by atoms with E-state index in [-0.39, 0.29) is 18.0 Å². The van der Waals surface area contributed by atoms with Gasteiger partial charge in [0.15, 0.2) is 0 Å². The molecule has 0 unspecified atom stereocenters. The zero-order chi connectivity index (χ0) is 15.4. The van der Waals surface area contributed by atoms with Crippen LogP contribution >= 0.6 is 0 Å². The fourth-order valence-corrected chi connectivity index (χ4v) is 2.23. The number of benzene rings is 1. The lowest BCUT2D eigenvalue weighted by molar-refractivity contribution is -0.114. The molecule has 1 aromatic carbocycles. The van der Waals surface area contributed by atoms with Crippen LogP contribution < -0.4 is 10.6 Å². The van der Waals surface area contributed by atoms with Gasteiger partial charge in [0, 0.05) is 31.4 Å². The van der Waals surface area contributed by atoms with Crippen LogP contribution in [0.1, 0.15) is 19.4 Å². The summed E-state index contributed by atoms with van der Waals surface area (Å²) in [5.74, 6) is -0.141. The fourth-order valence-electron chi connectivity index (χ4n) is 2.23. The molecule has 0 saturated carbocycles. The highest BCUT2D eigenvalue weighted by Crippen LogP contribution is 2.21. The SMILES string of the molecule is CC(=O)Nc1ccc(C)c(NC(=O)N2CCO[C@H](C)C2)c1. The van der Waals surface area contributed by atoms with Crippen LogP contribution in [-0.4, -0.2) is 42.6 Å². The number of amides is 3. The van der Waals surface area contributed by atoms with Gasteiger partial charge in [-0.2, -0.15) is 0 Å². The molecule has 1 atom stereocenters. The molecule has 0 aliphatic carbocycles.